The van der Waals surface area contributed by atoms with Gasteiger partial charge in [-0.2, -0.15) is 0 Å². The molecule has 2 N–H and O–H groups in total. The lowest BCUT2D eigenvalue weighted by Crippen LogP contribution is -2.30. The molecule has 6 heteroatoms. The molecular formula is C16H27NO4S. The average molecular weight is 329 g/mol. The van der Waals surface area contributed by atoms with Crippen LogP contribution in [0.25, 0.3) is 0 Å². The minimum absolute atomic E-state index is 0.00586. The third-order valence-corrected chi connectivity index (χ3v) is 4.66. The fourth-order valence-electron chi connectivity index (χ4n) is 1.92. The molecule has 0 bridgehead atoms. The lowest BCUT2D eigenvalue weighted by Gasteiger charge is -2.16. The Hall–Kier alpha value is -1.11. The van der Waals surface area contributed by atoms with Gasteiger partial charge < -0.3 is 9.84 Å². The van der Waals surface area contributed by atoms with Crippen molar-refractivity contribution in [2.24, 2.45) is 0 Å². The molecule has 1 aromatic carbocycles. The third kappa shape index (κ3) is 5.59. The summed E-state index contributed by atoms with van der Waals surface area (Å²) in [6.07, 6.45) is 1.29. The smallest absolute Gasteiger partial charge is 0.240 e. The molecule has 0 aliphatic carbocycles. The van der Waals surface area contributed by atoms with Crippen LogP contribution in [0, 0.1) is 0 Å². The monoisotopic (exact) mass is 329 g/mol. The number of hydrogen-bond acceptors (Lipinski definition) is 4. The van der Waals surface area contributed by atoms with Gasteiger partial charge in [0.1, 0.15) is 5.75 Å². The molecule has 0 amide bonds. The second kappa shape index (κ2) is 8.50. The van der Waals surface area contributed by atoms with Crippen LogP contribution in [0.5, 0.6) is 5.75 Å². The van der Waals surface area contributed by atoms with Crippen molar-refractivity contribution in [3.8, 4) is 5.75 Å². The van der Waals surface area contributed by atoms with Crippen LogP contribution in [0.15, 0.2) is 23.1 Å². The van der Waals surface area contributed by atoms with Crippen molar-refractivity contribution in [3.05, 3.63) is 23.8 Å². The van der Waals surface area contributed by atoms with Crippen molar-refractivity contribution in [2.45, 2.75) is 57.5 Å². The van der Waals surface area contributed by atoms with E-state index in [9.17, 15) is 13.5 Å². The quantitative estimate of drug-likeness (QED) is 0.683. The van der Waals surface area contributed by atoms with E-state index in [2.05, 4.69) is 11.6 Å². The number of nitrogens with one attached hydrogen (secondary N) is 1. The van der Waals surface area contributed by atoms with Gasteiger partial charge in [0.05, 0.1) is 17.6 Å². The van der Waals surface area contributed by atoms with Gasteiger partial charge in [-0.3, -0.25) is 0 Å². The molecule has 5 nitrogen and oxygen atoms in total. The zero-order valence-electron chi connectivity index (χ0n) is 13.8. The van der Waals surface area contributed by atoms with Crippen LogP contribution in [0.2, 0.25) is 0 Å². The van der Waals surface area contributed by atoms with E-state index in [-0.39, 0.29) is 17.4 Å². The maximum Gasteiger partial charge on any atom is 0.240 e. The van der Waals surface area contributed by atoms with E-state index < -0.39 is 16.1 Å². The molecule has 0 fully saturated rings. The zero-order chi connectivity index (χ0) is 16.8. The minimum atomic E-state index is -3.62. The number of benzene rings is 1. The van der Waals surface area contributed by atoms with Gasteiger partial charge in [0, 0.05) is 6.54 Å². The van der Waals surface area contributed by atoms with Gasteiger partial charge in [0.25, 0.3) is 0 Å². The number of aliphatic hydroxyl groups is 1. The van der Waals surface area contributed by atoms with E-state index in [4.69, 9.17) is 4.74 Å². The molecule has 126 valence electrons. The zero-order valence-corrected chi connectivity index (χ0v) is 14.6. The van der Waals surface area contributed by atoms with Crippen molar-refractivity contribution in [2.75, 3.05) is 13.2 Å². The third-order valence-electron chi connectivity index (χ3n) is 3.24. The number of hydrogen-bond donors (Lipinski definition) is 2. The molecule has 0 heterocycles. The van der Waals surface area contributed by atoms with E-state index in [0.29, 0.717) is 6.61 Å². The Kier molecular flexibility index (Phi) is 7.32. The van der Waals surface area contributed by atoms with Crippen LogP contribution in [0.3, 0.4) is 0 Å². The van der Waals surface area contributed by atoms with E-state index in [0.717, 1.165) is 24.2 Å². The fourth-order valence-corrected chi connectivity index (χ4v) is 3.07. The van der Waals surface area contributed by atoms with E-state index in [1.807, 2.05) is 13.8 Å². The first-order valence-corrected chi connectivity index (χ1v) is 9.20. The maximum atomic E-state index is 12.2. The molecule has 0 aliphatic heterocycles. The summed E-state index contributed by atoms with van der Waals surface area (Å²) < 4.78 is 32.6. The predicted molar refractivity (Wildman–Crippen MR) is 87.8 cm³/mol. The molecule has 0 aromatic heterocycles. The highest BCUT2D eigenvalue weighted by atomic mass is 32.2. The van der Waals surface area contributed by atoms with Gasteiger partial charge in [-0.25, -0.2) is 13.1 Å². The summed E-state index contributed by atoms with van der Waals surface area (Å²) in [5, 5.41) is 9.22. The predicted octanol–water partition coefficient (Wildman–Crippen LogP) is 2.65. The molecule has 1 aromatic rings. The lowest BCUT2D eigenvalue weighted by atomic mass is 10.0. The first-order valence-electron chi connectivity index (χ1n) is 7.72. The number of sulfonamides is 1. The van der Waals surface area contributed by atoms with Gasteiger partial charge in [0.15, 0.2) is 0 Å². The van der Waals surface area contributed by atoms with Crippen molar-refractivity contribution in [1.29, 1.82) is 0 Å². The second-order valence-corrected chi connectivity index (χ2v) is 7.52. The van der Waals surface area contributed by atoms with Crippen molar-refractivity contribution in [3.63, 3.8) is 0 Å². The summed E-state index contributed by atoms with van der Waals surface area (Å²) in [7, 11) is -3.62. The largest absolute Gasteiger partial charge is 0.493 e. The van der Waals surface area contributed by atoms with Gasteiger partial charge in [-0.15, -0.1) is 0 Å². The molecule has 0 spiro atoms. The summed E-state index contributed by atoms with van der Waals surface area (Å²) in [4.78, 5) is 0.194. The average Bonchev–Trinajstić information content (AvgIpc) is 2.45. The molecule has 1 unspecified atom stereocenters. The normalized spacial score (nSPS) is 13.4. The number of aliphatic hydroxyl groups excluding tert-OH is 1. The molecular weight excluding hydrogens is 302 g/mol. The summed E-state index contributed by atoms with van der Waals surface area (Å²) >= 11 is 0. The Morgan fingerprint density at radius 1 is 1.27 bits per heavy atom. The van der Waals surface area contributed by atoms with E-state index in [1.165, 1.54) is 13.0 Å². The first-order chi connectivity index (χ1) is 10.3. The standard InChI is InChI=1S/C16H27NO4S/c1-5-6-9-21-16-8-7-14(10-15(16)12(2)3)22(19,20)17-11-13(4)18/h7-8,10,12-13,17-18H,5-6,9,11H2,1-4H3. The van der Waals surface area contributed by atoms with Gasteiger partial charge in [-0.05, 0) is 43.0 Å². The van der Waals surface area contributed by atoms with Crippen LogP contribution in [-0.2, 0) is 10.0 Å². The fraction of sp³-hybridized carbons (Fsp3) is 0.625. The molecule has 0 aliphatic rings. The first kappa shape index (κ1) is 18.9. The Labute approximate surface area is 133 Å². The second-order valence-electron chi connectivity index (χ2n) is 5.76. The molecule has 1 atom stereocenters. The summed E-state index contributed by atoms with van der Waals surface area (Å²) in [6.45, 7) is 8.25. The van der Waals surface area contributed by atoms with E-state index >= 15 is 0 Å². The highest BCUT2D eigenvalue weighted by molar-refractivity contribution is 7.89. The van der Waals surface area contributed by atoms with Crippen molar-refractivity contribution in [1.82, 2.24) is 4.72 Å². The highest BCUT2D eigenvalue weighted by Crippen LogP contribution is 2.29. The summed E-state index contributed by atoms with van der Waals surface area (Å²) in [6, 6.07) is 4.90. The van der Waals surface area contributed by atoms with Crippen molar-refractivity contribution >= 4 is 10.0 Å². The number of ether oxygens (including phenoxy) is 1. The van der Waals surface area contributed by atoms with Gasteiger partial charge >= 0.3 is 0 Å². The SMILES string of the molecule is CCCCOc1ccc(S(=O)(=O)NCC(C)O)cc1C(C)C. The Morgan fingerprint density at radius 2 is 1.95 bits per heavy atom. The molecule has 0 saturated carbocycles. The van der Waals surface area contributed by atoms with Crippen molar-refractivity contribution < 1.29 is 18.3 Å². The topological polar surface area (TPSA) is 75.6 Å². The number of rotatable bonds is 9. The van der Waals surface area contributed by atoms with Crippen LogP contribution < -0.4 is 9.46 Å². The van der Waals surface area contributed by atoms with Crippen LogP contribution in [0.1, 0.15) is 52.0 Å². The van der Waals surface area contributed by atoms with Crippen LogP contribution in [-0.4, -0.2) is 32.8 Å². The Bertz CT molecular complexity index is 568. The lowest BCUT2D eigenvalue weighted by molar-refractivity contribution is 0.198. The minimum Gasteiger partial charge on any atom is -0.493 e. The summed E-state index contributed by atoms with van der Waals surface area (Å²) in [5.41, 5.74) is 0.871. The molecule has 1 rings (SSSR count). The molecule has 0 saturated heterocycles. The van der Waals surface area contributed by atoms with Gasteiger partial charge in [0.2, 0.25) is 10.0 Å². The van der Waals surface area contributed by atoms with Crippen LogP contribution in [0.4, 0.5) is 0 Å². The molecule has 22 heavy (non-hydrogen) atoms. The van der Waals surface area contributed by atoms with E-state index in [1.54, 1.807) is 12.1 Å². The Balaban J connectivity index is 3.01. The number of unbranched alkanes of at least 4 members (excludes halogenated alkanes) is 1. The molecule has 0 radical (unpaired) electrons. The van der Waals surface area contributed by atoms with Crippen LogP contribution >= 0.6 is 0 Å². The maximum absolute atomic E-state index is 12.2. The highest BCUT2D eigenvalue weighted by Gasteiger charge is 2.18. The Morgan fingerprint density at radius 3 is 2.50 bits per heavy atom. The van der Waals surface area contributed by atoms with Gasteiger partial charge in [-0.1, -0.05) is 27.2 Å². The summed E-state index contributed by atoms with van der Waals surface area (Å²) in [5.74, 6) is 0.890.